The molecule has 1 fully saturated rings. The highest BCUT2D eigenvalue weighted by molar-refractivity contribution is 5.85. The van der Waals surface area contributed by atoms with E-state index in [0.29, 0.717) is 25.3 Å². The molecule has 92 valence electrons. The lowest BCUT2D eigenvalue weighted by molar-refractivity contribution is -0.122. The quantitative estimate of drug-likeness (QED) is 0.668. The largest absolute Gasteiger partial charge is 0.476 e. The molecule has 0 saturated carbocycles. The average molecular weight is 239 g/mol. The summed E-state index contributed by atoms with van der Waals surface area (Å²) in [5.74, 6) is -0.569. The van der Waals surface area contributed by atoms with Gasteiger partial charge in [0.2, 0.25) is 5.91 Å². The number of amides is 1. The summed E-state index contributed by atoms with van der Waals surface area (Å²) in [5.41, 5.74) is -0.0984. The molecule has 0 radical (unpaired) electrons. The second-order valence-corrected chi connectivity index (χ2v) is 3.90. The average Bonchev–Trinajstić information content (AvgIpc) is 2.77. The van der Waals surface area contributed by atoms with E-state index in [4.69, 9.17) is 9.63 Å². The Kier molecular flexibility index (Phi) is 3.38. The molecule has 3 N–H and O–H groups in total. The minimum Gasteiger partial charge on any atom is -0.476 e. The smallest absolute Gasteiger partial charge is 0.358 e. The zero-order chi connectivity index (χ0) is 12.3. The Labute approximate surface area is 97.2 Å². The number of nitrogens with zero attached hydrogens (tertiary/aromatic N) is 1. The van der Waals surface area contributed by atoms with Crippen LogP contribution in [0.5, 0.6) is 0 Å². The minimum absolute atomic E-state index is 0.0656. The third kappa shape index (κ3) is 3.04. The van der Waals surface area contributed by atoms with E-state index in [-0.39, 0.29) is 17.6 Å². The van der Waals surface area contributed by atoms with Crippen molar-refractivity contribution in [3.63, 3.8) is 0 Å². The van der Waals surface area contributed by atoms with E-state index in [1.807, 2.05) is 0 Å². The summed E-state index contributed by atoms with van der Waals surface area (Å²) in [6, 6.07) is 1.57. The molecule has 7 nitrogen and oxygen atoms in total. The number of hydrogen-bond donors (Lipinski definition) is 3. The van der Waals surface area contributed by atoms with Crippen molar-refractivity contribution in [2.45, 2.75) is 25.4 Å². The highest BCUT2D eigenvalue weighted by Gasteiger charge is 2.18. The maximum absolute atomic E-state index is 10.9. The Balaban J connectivity index is 1.81. The number of carboxylic acids is 1. The summed E-state index contributed by atoms with van der Waals surface area (Å²) < 4.78 is 4.86. The second-order valence-electron chi connectivity index (χ2n) is 3.90. The summed E-state index contributed by atoms with van der Waals surface area (Å²) in [4.78, 5) is 21.5. The van der Waals surface area contributed by atoms with Crippen molar-refractivity contribution in [1.29, 1.82) is 0 Å². The van der Waals surface area contributed by atoms with Gasteiger partial charge >= 0.3 is 5.97 Å². The summed E-state index contributed by atoms with van der Waals surface area (Å²) in [6.45, 7) is 0.986. The SMILES string of the molecule is O=C1CCC(NCc2cc(C(=O)O)no2)CN1. The van der Waals surface area contributed by atoms with Gasteiger partial charge in [0.1, 0.15) is 0 Å². The summed E-state index contributed by atoms with van der Waals surface area (Å²) in [6.07, 6.45) is 1.28. The number of nitrogens with one attached hydrogen (secondary N) is 2. The Morgan fingerprint density at radius 1 is 1.71 bits per heavy atom. The number of hydrogen-bond acceptors (Lipinski definition) is 5. The van der Waals surface area contributed by atoms with Crippen molar-refractivity contribution in [2.24, 2.45) is 0 Å². The van der Waals surface area contributed by atoms with E-state index in [1.165, 1.54) is 6.07 Å². The van der Waals surface area contributed by atoms with Crippen LogP contribution in [-0.2, 0) is 11.3 Å². The fourth-order valence-corrected chi connectivity index (χ4v) is 1.65. The van der Waals surface area contributed by atoms with E-state index in [0.717, 1.165) is 6.42 Å². The third-order valence-corrected chi connectivity index (χ3v) is 2.61. The van der Waals surface area contributed by atoms with Crippen LogP contribution < -0.4 is 10.6 Å². The van der Waals surface area contributed by atoms with Crippen LogP contribution in [0.3, 0.4) is 0 Å². The van der Waals surface area contributed by atoms with Crippen LogP contribution in [-0.4, -0.2) is 34.7 Å². The van der Waals surface area contributed by atoms with E-state index in [9.17, 15) is 9.59 Å². The predicted octanol–water partition coefficient (Wildman–Crippen LogP) is -0.259. The first-order valence-corrected chi connectivity index (χ1v) is 5.34. The standard InChI is InChI=1S/C10H13N3O4/c14-9-2-1-6(4-12-9)11-5-7-3-8(10(15)16)13-17-7/h3,6,11H,1-2,4-5H2,(H,12,14)(H,15,16). The lowest BCUT2D eigenvalue weighted by Crippen LogP contribution is -2.45. The first-order chi connectivity index (χ1) is 8.15. The lowest BCUT2D eigenvalue weighted by Gasteiger charge is -2.22. The van der Waals surface area contributed by atoms with Gasteiger partial charge in [-0.2, -0.15) is 0 Å². The van der Waals surface area contributed by atoms with Crippen LogP contribution in [0.2, 0.25) is 0 Å². The van der Waals surface area contributed by atoms with E-state index < -0.39 is 5.97 Å². The van der Waals surface area contributed by atoms with Crippen molar-refractivity contribution in [2.75, 3.05) is 6.54 Å². The Morgan fingerprint density at radius 2 is 2.53 bits per heavy atom. The number of aromatic carboxylic acids is 1. The van der Waals surface area contributed by atoms with Gasteiger partial charge in [0.25, 0.3) is 0 Å². The van der Waals surface area contributed by atoms with Crippen LogP contribution >= 0.6 is 0 Å². The molecule has 0 aliphatic carbocycles. The highest BCUT2D eigenvalue weighted by atomic mass is 16.5. The number of carboxylic acid groups (broad SMARTS) is 1. The van der Waals surface area contributed by atoms with Crippen LogP contribution in [0.4, 0.5) is 0 Å². The number of piperidine rings is 1. The van der Waals surface area contributed by atoms with Crippen molar-refractivity contribution in [3.05, 3.63) is 17.5 Å². The number of aromatic nitrogens is 1. The van der Waals surface area contributed by atoms with Gasteiger partial charge in [0.05, 0.1) is 6.54 Å². The molecular weight excluding hydrogens is 226 g/mol. The molecule has 1 aromatic rings. The van der Waals surface area contributed by atoms with Gasteiger partial charge in [-0.15, -0.1) is 0 Å². The zero-order valence-corrected chi connectivity index (χ0v) is 9.10. The molecule has 7 heteroatoms. The van der Waals surface area contributed by atoms with Gasteiger partial charge < -0.3 is 20.3 Å². The first kappa shape index (κ1) is 11.6. The molecule has 1 atom stereocenters. The molecule has 1 aliphatic heterocycles. The Morgan fingerprint density at radius 3 is 3.12 bits per heavy atom. The van der Waals surface area contributed by atoms with Gasteiger partial charge in [-0.1, -0.05) is 5.16 Å². The van der Waals surface area contributed by atoms with Gasteiger partial charge in [-0.25, -0.2) is 4.79 Å². The van der Waals surface area contributed by atoms with Crippen LogP contribution in [0.1, 0.15) is 29.1 Å². The number of rotatable bonds is 4. The molecule has 1 amide bonds. The number of carbonyl (C=O) groups excluding carboxylic acids is 1. The van der Waals surface area contributed by atoms with Crippen LogP contribution in [0.15, 0.2) is 10.6 Å². The Hall–Kier alpha value is -1.89. The molecule has 0 aromatic carbocycles. The van der Waals surface area contributed by atoms with E-state index >= 15 is 0 Å². The molecule has 0 bridgehead atoms. The van der Waals surface area contributed by atoms with Crippen molar-refractivity contribution < 1.29 is 19.2 Å². The molecule has 17 heavy (non-hydrogen) atoms. The summed E-state index contributed by atoms with van der Waals surface area (Å²) in [5, 5.41) is 18.0. The summed E-state index contributed by atoms with van der Waals surface area (Å²) >= 11 is 0. The predicted molar refractivity (Wildman–Crippen MR) is 56.3 cm³/mol. The van der Waals surface area contributed by atoms with Crippen molar-refractivity contribution in [3.8, 4) is 0 Å². The molecule has 2 rings (SSSR count). The zero-order valence-electron chi connectivity index (χ0n) is 9.10. The van der Waals surface area contributed by atoms with Gasteiger partial charge in [-0.05, 0) is 6.42 Å². The minimum atomic E-state index is -1.11. The molecule has 1 saturated heterocycles. The molecular formula is C10H13N3O4. The first-order valence-electron chi connectivity index (χ1n) is 5.34. The molecule has 1 aromatic heterocycles. The molecule has 1 unspecified atom stereocenters. The third-order valence-electron chi connectivity index (χ3n) is 2.61. The summed E-state index contributed by atoms with van der Waals surface area (Å²) in [7, 11) is 0. The topological polar surface area (TPSA) is 104 Å². The van der Waals surface area contributed by atoms with Crippen LogP contribution in [0.25, 0.3) is 0 Å². The van der Waals surface area contributed by atoms with Crippen molar-refractivity contribution >= 4 is 11.9 Å². The molecule has 0 spiro atoms. The maximum Gasteiger partial charge on any atom is 0.358 e. The van der Waals surface area contributed by atoms with Gasteiger partial charge in [0, 0.05) is 25.1 Å². The molecule has 2 heterocycles. The van der Waals surface area contributed by atoms with E-state index in [2.05, 4.69) is 15.8 Å². The monoisotopic (exact) mass is 239 g/mol. The van der Waals surface area contributed by atoms with Crippen LogP contribution in [0, 0.1) is 0 Å². The fourth-order valence-electron chi connectivity index (χ4n) is 1.65. The highest BCUT2D eigenvalue weighted by Crippen LogP contribution is 2.06. The van der Waals surface area contributed by atoms with Gasteiger partial charge in [0.15, 0.2) is 11.5 Å². The van der Waals surface area contributed by atoms with E-state index in [1.54, 1.807) is 0 Å². The maximum atomic E-state index is 10.9. The fraction of sp³-hybridized carbons (Fsp3) is 0.500. The lowest BCUT2D eigenvalue weighted by atomic mass is 10.1. The number of carbonyl (C=O) groups is 2. The molecule has 1 aliphatic rings. The normalized spacial score (nSPS) is 20.0. The Bertz CT molecular complexity index is 419. The second kappa shape index (κ2) is 4.96. The van der Waals surface area contributed by atoms with Gasteiger partial charge in [-0.3, -0.25) is 4.79 Å². The van der Waals surface area contributed by atoms with Crippen molar-refractivity contribution in [1.82, 2.24) is 15.8 Å².